The predicted molar refractivity (Wildman–Crippen MR) is 203 cm³/mol. The first-order chi connectivity index (χ1) is 27.3. The summed E-state index contributed by atoms with van der Waals surface area (Å²) in [5.74, 6) is 1.55. The maximum Gasteiger partial charge on any atom is 0.412 e. The fourth-order valence-electron chi connectivity index (χ4n) is 7.73. The second-order valence-corrected chi connectivity index (χ2v) is 16.2. The van der Waals surface area contributed by atoms with E-state index < -0.39 is 109 Å². The van der Waals surface area contributed by atoms with E-state index in [-0.39, 0.29) is 0 Å². The van der Waals surface area contributed by atoms with Crippen molar-refractivity contribution < 1.29 is 66.4 Å². The molecule has 0 aliphatic carbocycles. The first-order valence-corrected chi connectivity index (χ1v) is 19.1. The van der Waals surface area contributed by atoms with Crippen LogP contribution in [0.5, 0.6) is 0 Å². The topological polar surface area (TPSA) is 169 Å². The van der Waals surface area contributed by atoms with Crippen LogP contribution in [0.2, 0.25) is 0 Å². The molecule has 16 heteroatoms. The molecule has 0 spiro atoms. The number of benzene rings is 2. The largest absolute Gasteiger partial charge is 0.430 e. The van der Waals surface area contributed by atoms with Crippen LogP contribution >= 0.6 is 0 Å². The molecule has 0 radical (unpaired) electrons. The van der Waals surface area contributed by atoms with E-state index in [1.807, 2.05) is 12.1 Å². The number of terminal acetylenes is 2. The molecule has 2 N–H and O–H groups in total. The van der Waals surface area contributed by atoms with Crippen molar-refractivity contribution in [3.8, 4) is 24.7 Å². The van der Waals surface area contributed by atoms with Crippen molar-refractivity contribution in [3.05, 3.63) is 60.7 Å². The number of fused-ring (bicyclic) bond motifs is 6. The summed E-state index contributed by atoms with van der Waals surface area (Å²) >= 11 is 0. The highest BCUT2D eigenvalue weighted by Crippen LogP contribution is 2.46. The van der Waals surface area contributed by atoms with E-state index in [1.165, 1.54) is 0 Å². The number of nitrogens with one attached hydrogen (secondary N) is 2. The second-order valence-electron chi connectivity index (χ2n) is 16.2. The number of amides is 2. The van der Waals surface area contributed by atoms with Gasteiger partial charge in [0.15, 0.2) is 47.9 Å². The van der Waals surface area contributed by atoms with Crippen molar-refractivity contribution in [2.45, 2.75) is 152 Å². The van der Waals surface area contributed by atoms with E-state index in [1.54, 1.807) is 104 Å². The SMILES string of the molecule is C#CC(OC(=O)Nc1ccccc1)C1OC2OC(C)(C)OC2C2OC(C)(C)OC12.C#CC(OC(=O)Nc1ccccc1)C1OC2OC(C)(C)OC2C2OC(C)(C)OC12. The summed E-state index contributed by atoms with van der Waals surface area (Å²) in [5, 5.41) is 5.28. The van der Waals surface area contributed by atoms with Crippen LogP contribution in [0.4, 0.5) is 21.0 Å². The summed E-state index contributed by atoms with van der Waals surface area (Å²) in [6.45, 7) is 14.4. The molecule has 0 aromatic heterocycles. The maximum atomic E-state index is 12.4. The molecule has 2 aromatic rings. The number of hydrogen-bond donors (Lipinski definition) is 2. The number of hydrogen-bond acceptors (Lipinski definition) is 14. The highest BCUT2D eigenvalue weighted by molar-refractivity contribution is 5.85. The summed E-state index contributed by atoms with van der Waals surface area (Å²) < 4.78 is 70.9. The zero-order chi connectivity index (χ0) is 41.6. The van der Waals surface area contributed by atoms with Gasteiger partial charge in [-0.05, 0) is 79.7 Å². The smallest absolute Gasteiger partial charge is 0.412 e. The number of rotatable bonds is 6. The zero-order valence-corrected chi connectivity index (χ0v) is 33.6. The van der Waals surface area contributed by atoms with Crippen molar-refractivity contribution in [2.75, 3.05) is 10.6 Å². The Morgan fingerprint density at radius 3 is 1.17 bits per heavy atom. The molecule has 6 heterocycles. The summed E-state index contributed by atoms with van der Waals surface area (Å²) in [5.41, 5.74) is 1.18. The van der Waals surface area contributed by atoms with Crippen molar-refractivity contribution in [1.82, 2.24) is 0 Å². The van der Waals surface area contributed by atoms with E-state index in [0.29, 0.717) is 11.4 Å². The Kier molecular flexibility index (Phi) is 11.6. The molecule has 0 saturated carbocycles. The average molecular weight is 807 g/mol. The Morgan fingerprint density at radius 1 is 0.517 bits per heavy atom. The van der Waals surface area contributed by atoms with Gasteiger partial charge in [-0.15, -0.1) is 12.8 Å². The summed E-state index contributed by atoms with van der Waals surface area (Å²) in [6, 6.07) is 17.9. The second kappa shape index (κ2) is 16.0. The van der Waals surface area contributed by atoms with Crippen molar-refractivity contribution in [3.63, 3.8) is 0 Å². The minimum atomic E-state index is -1.02. The van der Waals surface area contributed by atoms with Gasteiger partial charge in [0.25, 0.3) is 0 Å². The molecule has 16 nitrogen and oxygen atoms in total. The van der Waals surface area contributed by atoms with Crippen LogP contribution in [0, 0.1) is 24.7 Å². The molecule has 2 aromatic carbocycles. The Morgan fingerprint density at radius 2 is 0.828 bits per heavy atom. The lowest BCUT2D eigenvalue weighted by atomic mass is 9.95. The molecule has 2 amide bonds. The fraction of sp³-hybridized carbons (Fsp3) is 0.571. The molecule has 12 atom stereocenters. The molecule has 12 unspecified atom stereocenters. The third kappa shape index (κ3) is 9.28. The lowest BCUT2D eigenvalue weighted by Crippen LogP contribution is -2.59. The standard InChI is InChI=1S/2C21H25NO7/c2*1-6-13(24-19(23)22-12-10-8-7-9-11-12)14-15-16(27-20(2,3)26-15)17-18(25-14)29-21(4,5)28-17/h2*1,7-11,13-18H,2-5H3,(H,22,23). The molecule has 58 heavy (non-hydrogen) atoms. The molecule has 6 aliphatic rings. The van der Waals surface area contributed by atoms with Crippen LogP contribution in [0.15, 0.2) is 60.7 Å². The number of ether oxygens (including phenoxy) is 12. The third-order valence-corrected chi connectivity index (χ3v) is 9.81. The minimum Gasteiger partial charge on any atom is -0.430 e. The van der Waals surface area contributed by atoms with Gasteiger partial charge in [0.05, 0.1) is 0 Å². The zero-order valence-electron chi connectivity index (χ0n) is 33.6. The molecule has 312 valence electrons. The average Bonchev–Trinajstić information content (AvgIpc) is 3.86. The fourth-order valence-corrected chi connectivity index (χ4v) is 7.73. The molecule has 0 bridgehead atoms. The van der Waals surface area contributed by atoms with Gasteiger partial charge in [-0.25, -0.2) is 9.59 Å². The number of carbonyl (C=O) groups is 2. The van der Waals surface area contributed by atoms with Gasteiger partial charge in [0.1, 0.15) is 48.8 Å². The Bertz CT molecular complexity index is 1740. The lowest BCUT2D eigenvalue weighted by molar-refractivity contribution is -0.246. The van der Waals surface area contributed by atoms with E-state index in [9.17, 15) is 9.59 Å². The summed E-state index contributed by atoms with van der Waals surface area (Å²) in [7, 11) is 0. The molecular weight excluding hydrogens is 756 g/mol. The van der Waals surface area contributed by atoms with Crippen LogP contribution in [-0.2, 0) is 56.8 Å². The number of para-hydroxylation sites is 2. The van der Waals surface area contributed by atoms with Gasteiger partial charge in [0.2, 0.25) is 0 Å². The monoisotopic (exact) mass is 806 g/mol. The van der Waals surface area contributed by atoms with E-state index in [2.05, 4.69) is 22.5 Å². The van der Waals surface area contributed by atoms with Crippen molar-refractivity contribution in [2.24, 2.45) is 0 Å². The van der Waals surface area contributed by atoms with Gasteiger partial charge in [-0.1, -0.05) is 48.2 Å². The van der Waals surface area contributed by atoms with Crippen molar-refractivity contribution in [1.29, 1.82) is 0 Å². The first kappa shape index (κ1) is 41.8. The molecule has 6 saturated heterocycles. The van der Waals surface area contributed by atoms with E-state index in [4.69, 9.17) is 69.7 Å². The normalized spacial score (nSPS) is 35.1. The van der Waals surface area contributed by atoms with Crippen LogP contribution in [0.1, 0.15) is 55.4 Å². The minimum absolute atomic E-state index is 0.479. The number of carbonyl (C=O) groups excluding carboxylic acids is 2. The Labute approximate surface area is 337 Å². The number of anilines is 2. The highest BCUT2D eigenvalue weighted by Gasteiger charge is 2.64. The van der Waals surface area contributed by atoms with Crippen LogP contribution in [0.25, 0.3) is 0 Å². The summed E-state index contributed by atoms with van der Waals surface area (Å²) in [6.07, 6.45) is 1.85. The Balaban J connectivity index is 0.000000177. The lowest BCUT2D eigenvalue weighted by Gasteiger charge is -2.38. The van der Waals surface area contributed by atoms with Gasteiger partial charge in [0, 0.05) is 11.4 Å². The predicted octanol–water partition coefficient (Wildman–Crippen LogP) is 5.27. The first-order valence-electron chi connectivity index (χ1n) is 19.1. The van der Waals surface area contributed by atoms with Crippen molar-refractivity contribution >= 4 is 23.6 Å². The molecular formula is C42H50N2O14. The van der Waals surface area contributed by atoms with Crippen LogP contribution in [-0.4, -0.2) is 109 Å². The van der Waals surface area contributed by atoms with Gasteiger partial charge >= 0.3 is 12.2 Å². The van der Waals surface area contributed by atoms with E-state index >= 15 is 0 Å². The maximum absolute atomic E-state index is 12.4. The van der Waals surface area contributed by atoms with Gasteiger partial charge in [-0.2, -0.15) is 0 Å². The van der Waals surface area contributed by atoms with Crippen LogP contribution in [0.3, 0.4) is 0 Å². The van der Waals surface area contributed by atoms with E-state index in [0.717, 1.165) is 0 Å². The summed E-state index contributed by atoms with van der Waals surface area (Å²) in [4.78, 5) is 24.7. The van der Waals surface area contributed by atoms with Gasteiger partial charge < -0.3 is 56.8 Å². The molecule has 6 fully saturated rings. The molecule has 6 aliphatic heterocycles. The molecule has 8 rings (SSSR count). The third-order valence-electron chi connectivity index (χ3n) is 9.81. The van der Waals surface area contributed by atoms with Gasteiger partial charge in [-0.3, -0.25) is 10.6 Å². The highest BCUT2D eigenvalue weighted by atomic mass is 16.9. The van der Waals surface area contributed by atoms with Crippen LogP contribution < -0.4 is 10.6 Å². The quantitative estimate of drug-likeness (QED) is 0.363. The Hall–Kier alpha value is -4.30.